The second-order valence-corrected chi connectivity index (χ2v) is 6.36. The summed E-state index contributed by atoms with van der Waals surface area (Å²) >= 11 is 3.60. The van der Waals surface area contributed by atoms with E-state index in [1.807, 2.05) is 6.07 Å². The fourth-order valence-corrected chi connectivity index (χ4v) is 3.13. The third kappa shape index (κ3) is 6.87. The lowest BCUT2D eigenvalue weighted by molar-refractivity contribution is 0.474. The second kappa shape index (κ2) is 11.3. The fourth-order valence-electron chi connectivity index (χ4n) is 2.57. The standard InChI is InChI=1S/C17H29BrN2/c1-2-3-4-5-6-7-8-9-14-17(20-19)15-12-10-11-13-16(15)18/h10-13,17,20H,2-9,14,19H2,1H3. The van der Waals surface area contributed by atoms with Crippen molar-refractivity contribution in [2.75, 3.05) is 0 Å². The van der Waals surface area contributed by atoms with Gasteiger partial charge in [-0.05, 0) is 18.1 Å². The third-order valence-electron chi connectivity index (χ3n) is 3.83. The van der Waals surface area contributed by atoms with Crippen molar-refractivity contribution in [3.63, 3.8) is 0 Å². The molecule has 2 nitrogen and oxygen atoms in total. The lowest BCUT2D eigenvalue weighted by Gasteiger charge is -2.17. The van der Waals surface area contributed by atoms with Crippen LogP contribution in [0, 0.1) is 0 Å². The molecule has 0 saturated heterocycles. The van der Waals surface area contributed by atoms with Crippen LogP contribution in [-0.2, 0) is 0 Å². The number of rotatable bonds is 11. The zero-order chi connectivity index (χ0) is 14.6. The minimum atomic E-state index is 0.255. The number of unbranched alkanes of at least 4 members (excludes halogenated alkanes) is 7. The number of hydrogen-bond donors (Lipinski definition) is 2. The molecule has 0 aromatic heterocycles. The molecular weight excluding hydrogens is 312 g/mol. The van der Waals surface area contributed by atoms with Gasteiger partial charge in [0.15, 0.2) is 0 Å². The van der Waals surface area contributed by atoms with E-state index in [1.165, 1.54) is 56.9 Å². The van der Waals surface area contributed by atoms with Gasteiger partial charge < -0.3 is 0 Å². The van der Waals surface area contributed by atoms with Crippen LogP contribution in [0.2, 0.25) is 0 Å². The first-order valence-electron chi connectivity index (χ1n) is 8.00. The van der Waals surface area contributed by atoms with Crippen molar-refractivity contribution in [1.82, 2.24) is 5.43 Å². The van der Waals surface area contributed by atoms with Crippen molar-refractivity contribution in [3.8, 4) is 0 Å². The highest BCUT2D eigenvalue weighted by Gasteiger charge is 2.11. The van der Waals surface area contributed by atoms with Crippen LogP contribution >= 0.6 is 15.9 Å². The van der Waals surface area contributed by atoms with Crippen molar-refractivity contribution >= 4 is 15.9 Å². The summed E-state index contributed by atoms with van der Waals surface area (Å²) in [6, 6.07) is 8.58. The van der Waals surface area contributed by atoms with Crippen molar-refractivity contribution < 1.29 is 0 Å². The minimum Gasteiger partial charge on any atom is -0.271 e. The summed E-state index contributed by atoms with van der Waals surface area (Å²) < 4.78 is 1.14. The Kier molecular flexibility index (Phi) is 9.98. The highest BCUT2D eigenvalue weighted by Crippen LogP contribution is 2.26. The van der Waals surface area contributed by atoms with Gasteiger partial charge in [-0.3, -0.25) is 11.3 Å². The Bertz CT molecular complexity index is 355. The summed E-state index contributed by atoms with van der Waals surface area (Å²) in [5.41, 5.74) is 4.21. The summed E-state index contributed by atoms with van der Waals surface area (Å²) in [5, 5.41) is 0. The molecule has 114 valence electrons. The predicted octanol–water partition coefficient (Wildman–Crippen LogP) is 5.48. The van der Waals surface area contributed by atoms with Gasteiger partial charge in [0.25, 0.3) is 0 Å². The maximum absolute atomic E-state index is 5.70. The fraction of sp³-hybridized carbons (Fsp3) is 0.647. The maximum atomic E-state index is 5.70. The number of hydrazine groups is 1. The molecule has 0 aliphatic heterocycles. The molecule has 0 aliphatic rings. The van der Waals surface area contributed by atoms with E-state index < -0.39 is 0 Å². The van der Waals surface area contributed by atoms with Crippen molar-refractivity contribution in [3.05, 3.63) is 34.3 Å². The largest absolute Gasteiger partial charge is 0.271 e. The minimum absolute atomic E-state index is 0.255. The van der Waals surface area contributed by atoms with Gasteiger partial charge in [-0.25, -0.2) is 0 Å². The van der Waals surface area contributed by atoms with Gasteiger partial charge in [-0.2, -0.15) is 0 Å². The van der Waals surface area contributed by atoms with Gasteiger partial charge in [0.05, 0.1) is 0 Å². The summed E-state index contributed by atoms with van der Waals surface area (Å²) in [5.74, 6) is 5.70. The van der Waals surface area contributed by atoms with Gasteiger partial charge in [0.2, 0.25) is 0 Å². The lowest BCUT2D eigenvalue weighted by Crippen LogP contribution is -2.28. The van der Waals surface area contributed by atoms with E-state index in [9.17, 15) is 0 Å². The summed E-state index contributed by atoms with van der Waals surface area (Å²) in [6.45, 7) is 2.27. The first kappa shape index (κ1) is 17.7. The zero-order valence-electron chi connectivity index (χ0n) is 12.7. The molecule has 1 aromatic carbocycles. The Morgan fingerprint density at radius 1 is 1.00 bits per heavy atom. The normalized spacial score (nSPS) is 12.6. The van der Waals surface area contributed by atoms with Gasteiger partial charge in [0.1, 0.15) is 0 Å². The monoisotopic (exact) mass is 340 g/mol. The van der Waals surface area contributed by atoms with Crippen LogP contribution in [0.3, 0.4) is 0 Å². The highest BCUT2D eigenvalue weighted by atomic mass is 79.9. The summed E-state index contributed by atoms with van der Waals surface area (Å²) in [7, 11) is 0. The van der Waals surface area contributed by atoms with Gasteiger partial charge in [0, 0.05) is 10.5 Å². The molecular formula is C17H29BrN2. The molecule has 1 aromatic rings. The first-order valence-corrected chi connectivity index (χ1v) is 8.79. The molecule has 20 heavy (non-hydrogen) atoms. The molecule has 0 saturated carbocycles. The van der Waals surface area contributed by atoms with E-state index in [0.29, 0.717) is 0 Å². The third-order valence-corrected chi connectivity index (χ3v) is 4.55. The molecule has 1 rings (SSSR count). The van der Waals surface area contributed by atoms with Crippen LogP contribution in [0.5, 0.6) is 0 Å². The molecule has 0 amide bonds. The number of halogens is 1. The topological polar surface area (TPSA) is 38.0 Å². The molecule has 0 radical (unpaired) electrons. The number of hydrogen-bond acceptors (Lipinski definition) is 2. The molecule has 0 bridgehead atoms. The average molecular weight is 341 g/mol. The number of benzene rings is 1. The lowest BCUT2D eigenvalue weighted by atomic mass is 10.00. The van der Waals surface area contributed by atoms with Gasteiger partial charge in [-0.15, -0.1) is 0 Å². The van der Waals surface area contributed by atoms with Crippen molar-refractivity contribution in [2.45, 2.75) is 70.8 Å². The Hall–Kier alpha value is -0.380. The average Bonchev–Trinajstić information content (AvgIpc) is 2.47. The molecule has 3 heteroatoms. The Morgan fingerprint density at radius 2 is 1.60 bits per heavy atom. The molecule has 0 spiro atoms. The smallest absolute Gasteiger partial charge is 0.0471 e. The van der Waals surface area contributed by atoms with Crippen LogP contribution < -0.4 is 11.3 Å². The zero-order valence-corrected chi connectivity index (χ0v) is 14.3. The van der Waals surface area contributed by atoms with E-state index in [4.69, 9.17) is 5.84 Å². The van der Waals surface area contributed by atoms with E-state index >= 15 is 0 Å². The molecule has 0 aliphatic carbocycles. The van der Waals surface area contributed by atoms with Crippen molar-refractivity contribution in [1.29, 1.82) is 0 Å². The molecule has 1 unspecified atom stereocenters. The number of nitrogens with two attached hydrogens (primary N) is 1. The van der Waals surface area contributed by atoms with Crippen LogP contribution in [0.25, 0.3) is 0 Å². The SMILES string of the molecule is CCCCCCCCCCC(NN)c1ccccc1Br. The van der Waals surface area contributed by atoms with E-state index in [2.05, 4.69) is 46.5 Å². The summed E-state index contributed by atoms with van der Waals surface area (Å²) in [6.07, 6.45) is 11.9. The Balaban J connectivity index is 2.18. The summed E-state index contributed by atoms with van der Waals surface area (Å²) in [4.78, 5) is 0. The molecule has 0 heterocycles. The molecule has 1 atom stereocenters. The Labute approximate surface area is 132 Å². The van der Waals surface area contributed by atoms with Crippen LogP contribution in [0.4, 0.5) is 0 Å². The predicted molar refractivity (Wildman–Crippen MR) is 91.4 cm³/mol. The quantitative estimate of drug-likeness (QED) is 0.317. The van der Waals surface area contributed by atoms with Crippen molar-refractivity contribution in [2.24, 2.45) is 5.84 Å². The van der Waals surface area contributed by atoms with Crippen LogP contribution in [-0.4, -0.2) is 0 Å². The van der Waals surface area contributed by atoms with E-state index in [-0.39, 0.29) is 6.04 Å². The van der Waals surface area contributed by atoms with Crippen LogP contribution in [0.15, 0.2) is 28.7 Å². The first-order chi connectivity index (χ1) is 9.79. The second-order valence-electron chi connectivity index (χ2n) is 5.50. The molecule has 0 fully saturated rings. The van der Waals surface area contributed by atoms with E-state index in [0.717, 1.165) is 10.9 Å². The van der Waals surface area contributed by atoms with E-state index in [1.54, 1.807) is 0 Å². The number of nitrogens with one attached hydrogen (secondary N) is 1. The van der Waals surface area contributed by atoms with Gasteiger partial charge >= 0.3 is 0 Å². The molecule has 3 N–H and O–H groups in total. The highest BCUT2D eigenvalue weighted by molar-refractivity contribution is 9.10. The van der Waals surface area contributed by atoms with Crippen LogP contribution in [0.1, 0.15) is 76.3 Å². The Morgan fingerprint density at radius 3 is 2.20 bits per heavy atom. The van der Waals surface area contributed by atoms with Gasteiger partial charge in [-0.1, -0.05) is 92.4 Å². The maximum Gasteiger partial charge on any atom is 0.0471 e.